The number of ether oxygens (including phenoxy) is 1. The van der Waals surface area contributed by atoms with Crippen LogP contribution >= 0.6 is 0 Å². The molecule has 0 aliphatic rings. The minimum Gasteiger partial charge on any atom is -0.504 e. The Morgan fingerprint density at radius 2 is 1.74 bits per heavy atom. The van der Waals surface area contributed by atoms with Gasteiger partial charge in [0.05, 0.1) is 6.61 Å². The molecule has 3 rings (SSSR count). The molecule has 0 fully saturated rings. The normalized spacial score (nSPS) is 10.8. The van der Waals surface area contributed by atoms with Gasteiger partial charge in [0.15, 0.2) is 17.3 Å². The number of hydrogen-bond donors (Lipinski definition) is 5. The lowest BCUT2D eigenvalue weighted by Crippen LogP contribution is -2.11. The Labute approximate surface area is 150 Å². The summed E-state index contributed by atoms with van der Waals surface area (Å²) in [6.45, 7) is 1.69. The molecule has 0 unspecified atom stereocenters. The van der Waals surface area contributed by atoms with Crippen LogP contribution in [0.3, 0.4) is 0 Å². The predicted octanol–water partition coefficient (Wildman–Crippen LogP) is 2.68. The fourth-order valence-electron chi connectivity index (χ4n) is 2.56. The van der Waals surface area contributed by atoms with Crippen molar-refractivity contribution in [2.24, 2.45) is 0 Å². The highest BCUT2D eigenvalue weighted by Crippen LogP contribution is 2.44. The predicted molar refractivity (Wildman–Crippen MR) is 90.6 cm³/mol. The highest BCUT2D eigenvalue weighted by atomic mass is 17.1. The molecule has 5 N–H and O–H groups in total. The first-order valence-electron chi connectivity index (χ1n) is 7.57. The van der Waals surface area contributed by atoms with Crippen LogP contribution in [-0.2, 0) is 0 Å². The molecule has 0 atom stereocenters. The van der Waals surface area contributed by atoms with Crippen molar-refractivity contribution in [1.82, 2.24) is 0 Å². The van der Waals surface area contributed by atoms with E-state index in [9.17, 15) is 20.1 Å². The molecular weight excluding hydrogens is 364 g/mol. The van der Waals surface area contributed by atoms with Crippen LogP contribution in [0.1, 0.15) is 6.92 Å². The zero-order valence-corrected chi connectivity index (χ0v) is 13.8. The third-order valence-electron chi connectivity index (χ3n) is 3.75. The quantitative estimate of drug-likeness (QED) is 0.254. The molecule has 0 aliphatic heterocycles. The molecule has 1 aromatic heterocycles. The largest absolute Gasteiger partial charge is 0.504 e. The first-order chi connectivity index (χ1) is 12.9. The van der Waals surface area contributed by atoms with Gasteiger partial charge in [-0.05, 0) is 25.1 Å². The zero-order chi connectivity index (χ0) is 19.7. The van der Waals surface area contributed by atoms with Crippen molar-refractivity contribution in [3.63, 3.8) is 0 Å². The van der Waals surface area contributed by atoms with Crippen molar-refractivity contribution in [1.29, 1.82) is 0 Å². The molecule has 2 aromatic carbocycles. The van der Waals surface area contributed by atoms with Crippen LogP contribution in [0.15, 0.2) is 33.5 Å². The molecule has 0 bridgehead atoms. The molecule has 0 aliphatic carbocycles. The average molecular weight is 378 g/mol. The minimum atomic E-state index is -0.836. The van der Waals surface area contributed by atoms with Gasteiger partial charge in [-0.3, -0.25) is 4.79 Å². The van der Waals surface area contributed by atoms with Crippen LogP contribution in [0.25, 0.3) is 22.3 Å². The van der Waals surface area contributed by atoms with E-state index in [0.717, 1.165) is 12.1 Å². The van der Waals surface area contributed by atoms with Gasteiger partial charge in [0, 0.05) is 11.6 Å². The molecule has 3 aromatic rings. The maximum Gasteiger partial charge on any atom is 0.239 e. The zero-order valence-electron chi connectivity index (χ0n) is 13.8. The molecule has 0 saturated carbocycles. The van der Waals surface area contributed by atoms with E-state index in [-0.39, 0.29) is 40.4 Å². The van der Waals surface area contributed by atoms with E-state index in [1.54, 1.807) is 6.92 Å². The van der Waals surface area contributed by atoms with Gasteiger partial charge in [-0.25, -0.2) is 10.5 Å². The van der Waals surface area contributed by atoms with Gasteiger partial charge >= 0.3 is 0 Å². The van der Waals surface area contributed by atoms with Gasteiger partial charge in [-0.2, -0.15) is 0 Å². The lowest BCUT2D eigenvalue weighted by molar-refractivity contribution is -0.146. The summed E-state index contributed by atoms with van der Waals surface area (Å²) in [4.78, 5) is 20.9. The van der Waals surface area contributed by atoms with Gasteiger partial charge in [-0.1, -0.05) is 0 Å². The third-order valence-corrected chi connectivity index (χ3v) is 3.75. The van der Waals surface area contributed by atoms with E-state index in [4.69, 9.17) is 19.7 Å². The van der Waals surface area contributed by atoms with Crippen LogP contribution in [0, 0.1) is 0 Å². The Kier molecular flexibility index (Phi) is 4.67. The summed E-state index contributed by atoms with van der Waals surface area (Å²) in [5, 5.41) is 46.7. The molecule has 0 radical (unpaired) electrons. The monoisotopic (exact) mass is 378 g/mol. The first kappa shape index (κ1) is 18.2. The third kappa shape index (κ3) is 2.92. The number of rotatable bonds is 5. The summed E-state index contributed by atoms with van der Waals surface area (Å²) >= 11 is 0. The van der Waals surface area contributed by atoms with Crippen LogP contribution in [0.5, 0.6) is 34.5 Å². The van der Waals surface area contributed by atoms with Crippen molar-refractivity contribution in [3.8, 4) is 45.8 Å². The minimum absolute atomic E-state index is 0.0759. The Hall–Kier alpha value is -3.63. The van der Waals surface area contributed by atoms with E-state index in [1.807, 2.05) is 0 Å². The summed E-state index contributed by atoms with van der Waals surface area (Å²) < 4.78 is 11.0. The molecule has 1 heterocycles. The van der Waals surface area contributed by atoms with Gasteiger partial charge in [0.2, 0.25) is 28.4 Å². The van der Waals surface area contributed by atoms with E-state index >= 15 is 0 Å². The SMILES string of the molecule is CCOc1c(-c2ccc(O)c(O)c2)oc2cc(OO)c(O)c(OO)c2c1=O. The summed E-state index contributed by atoms with van der Waals surface area (Å²) in [7, 11) is 0. The average Bonchev–Trinajstić information content (AvgIpc) is 2.66. The second-order valence-corrected chi connectivity index (χ2v) is 5.33. The van der Waals surface area contributed by atoms with Crippen molar-refractivity contribution < 1.29 is 44.8 Å². The lowest BCUT2D eigenvalue weighted by atomic mass is 10.1. The maximum absolute atomic E-state index is 12.9. The summed E-state index contributed by atoms with van der Waals surface area (Å²) in [5.41, 5.74) is -0.833. The van der Waals surface area contributed by atoms with E-state index in [1.165, 1.54) is 12.1 Å². The van der Waals surface area contributed by atoms with Gasteiger partial charge in [-0.15, -0.1) is 0 Å². The lowest BCUT2D eigenvalue weighted by Gasteiger charge is -2.13. The van der Waals surface area contributed by atoms with Gasteiger partial charge in [0.1, 0.15) is 11.0 Å². The fraction of sp³-hybridized carbons (Fsp3) is 0.118. The van der Waals surface area contributed by atoms with Gasteiger partial charge in [0.25, 0.3) is 0 Å². The molecule has 10 heteroatoms. The Morgan fingerprint density at radius 1 is 1.00 bits per heavy atom. The topological polar surface area (TPSA) is 159 Å². The molecular formula is C17H14O10. The van der Waals surface area contributed by atoms with E-state index in [2.05, 4.69) is 9.78 Å². The fourth-order valence-corrected chi connectivity index (χ4v) is 2.56. The van der Waals surface area contributed by atoms with Crippen LogP contribution in [0.4, 0.5) is 0 Å². The van der Waals surface area contributed by atoms with E-state index in [0.29, 0.717) is 0 Å². The molecule has 10 nitrogen and oxygen atoms in total. The van der Waals surface area contributed by atoms with Crippen LogP contribution in [-0.4, -0.2) is 32.4 Å². The molecule has 142 valence electrons. The Balaban J connectivity index is 2.43. The summed E-state index contributed by atoms with van der Waals surface area (Å²) in [6, 6.07) is 4.70. The van der Waals surface area contributed by atoms with Crippen LogP contribution in [0.2, 0.25) is 0 Å². The number of hydrogen-bond acceptors (Lipinski definition) is 10. The van der Waals surface area contributed by atoms with Gasteiger partial charge < -0.3 is 34.2 Å². The standard InChI is InChI=1S/C17H14O10/c1-2-24-17-14(21)12-10(6-11(26-22)13(20)16(12)27-23)25-15(17)7-3-4-8(18)9(19)5-7/h3-6,18-20,22-23H,2H2,1H3. The molecule has 0 amide bonds. The smallest absolute Gasteiger partial charge is 0.239 e. The highest BCUT2D eigenvalue weighted by molar-refractivity contribution is 5.91. The molecule has 0 spiro atoms. The van der Waals surface area contributed by atoms with Crippen molar-refractivity contribution in [2.75, 3.05) is 6.61 Å². The maximum atomic E-state index is 12.9. The second-order valence-electron chi connectivity index (χ2n) is 5.33. The number of benzene rings is 2. The molecule has 0 saturated heterocycles. The summed E-state index contributed by atoms with van der Waals surface area (Å²) in [6.07, 6.45) is 0. The number of phenols is 3. The van der Waals surface area contributed by atoms with Crippen molar-refractivity contribution in [2.45, 2.75) is 6.92 Å². The van der Waals surface area contributed by atoms with Crippen molar-refractivity contribution in [3.05, 3.63) is 34.5 Å². The number of fused-ring (bicyclic) bond motifs is 1. The summed E-state index contributed by atoms with van der Waals surface area (Å²) in [5.74, 6) is -3.31. The Bertz CT molecular complexity index is 1070. The molecule has 27 heavy (non-hydrogen) atoms. The van der Waals surface area contributed by atoms with Crippen LogP contribution < -0.4 is 19.9 Å². The number of aromatic hydroxyl groups is 3. The highest BCUT2D eigenvalue weighted by Gasteiger charge is 2.26. The second kappa shape index (κ2) is 6.94. The first-order valence-corrected chi connectivity index (χ1v) is 7.57. The Morgan fingerprint density at radius 3 is 2.33 bits per heavy atom. The number of phenolic OH excluding ortho intramolecular Hbond substituents is 3. The van der Waals surface area contributed by atoms with Crippen molar-refractivity contribution >= 4 is 11.0 Å². The van der Waals surface area contributed by atoms with E-state index < -0.39 is 28.4 Å².